The van der Waals surface area contributed by atoms with Crippen molar-refractivity contribution in [2.75, 3.05) is 6.61 Å². The fourth-order valence-corrected chi connectivity index (χ4v) is 5.07. The summed E-state index contributed by atoms with van der Waals surface area (Å²) in [6, 6.07) is 5.17. The summed E-state index contributed by atoms with van der Waals surface area (Å²) in [5.74, 6) is -2.58. The summed E-state index contributed by atoms with van der Waals surface area (Å²) in [6.07, 6.45) is -4.18. The minimum Gasteiger partial charge on any atom is -0.497 e. The third kappa shape index (κ3) is 5.17. The van der Waals surface area contributed by atoms with Gasteiger partial charge in [0.25, 0.3) is 11.3 Å². The second kappa shape index (κ2) is 10.5. The minimum absolute atomic E-state index is 0.0627. The number of hydrogen-bond acceptors (Lipinski definition) is 10. The molecule has 17 heteroatoms. The first kappa shape index (κ1) is 28.4. The van der Waals surface area contributed by atoms with Crippen LogP contribution in [0.1, 0.15) is 24.1 Å². The van der Waals surface area contributed by atoms with E-state index in [9.17, 15) is 48.1 Å². The number of nitrogens with zero attached hydrogens (tertiary/aromatic N) is 4. The zero-order valence-electron chi connectivity index (χ0n) is 19.8. The number of aromatic hydroxyl groups is 1. The van der Waals surface area contributed by atoms with Crippen LogP contribution in [0.15, 0.2) is 57.5 Å². The lowest BCUT2D eigenvalue weighted by atomic mass is 9.95. The van der Waals surface area contributed by atoms with Gasteiger partial charge in [-0.05, 0) is 36.3 Å². The van der Waals surface area contributed by atoms with Crippen LogP contribution < -0.4 is 14.9 Å². The number of benzene rings is 2. The van der Waals surface area contributed by atoms with Crippen molar-refractivity contribution in [2.24, 2.45) is 4.99 Å². The molecule has 2 aromatic carbocycles. The van der Waals surface area contributed by atoms with Crippen LogP contribution in [0, 0.1) is 20.2 Å². The fraction of sp³-hybridized carbons (Fsp3) is 0.174. The molecule has 4 rings (SSSR count). The van der Waals surface area contributed by atoms with Crippen molar-refractivity contribution in [3.63, 3.8) is 0 Å². The molecule has 0 radical (unpaired) electrons. The van der Waals surface area contributed by atoms with E-state index in [2.05, 4.69) is 4.99 Å². The Hall–Kier alpha value is -4.57. The van der Waals surface area contributed by atoms with Crippen LogP contribution in [0.3, 0.4) is 0 Å². The number of nitro groups is 2. The molecule has 0 spiro atoms. The Morgan fingerprint density at radius 3 is 2.27 bits per heavy atom. The summed E-state index contributed by atoms with van der Waals surface area (Å²) in [6.45, 7) is 1.11. The second-order valence-corrected chi connectivity index (χ2v) is 9.48. The molecule has 0 amide bonds. The summed E-state index contributed by atoms with van der Waals surface area (Å²) in [5, 5.41) is 32.7. The predicted molar refractivity (Wildman–Crippen MR) is 134 cm³/mol. The lowest BCUT2D eigenvalue weighted by molar-refractivity contribution is -0.396. The van der Waals surface area contributed by atoms with Crippen LogP contribution in [0.5, 0.6) is 5.75 Å². The molecule has 1 aliphatic rings. The van der Waals surface area contributed by atoms with Gasteiger partial charge in [0.05, 0.1) is 32.6 Å². The molecule has 2 heterocycles. The highest BCUT2D eigenvalue weighted by Crippen LogP contribution is 2.39. The first-order valence-electron chi connectivity index (χ1n) is 11.0. The predicted octanol–water partition coefficient (Wildman–Crippen LogP) is 3.52. The van der Waals surface area contributed by atoms with Crippen LogP contribution >= 0.6 is 22.9 Å². The van der Waals surface area contributed by atoms with Crippen LogP contribution in [0.2, 0.25) is 5.02 Å². The topological polar surface area (TPSA) is 167 Å². The van der Waals surface area contributed by atoms with Gasteiger partial charge in [0, 0.05) is 17.2 Å². The molecule has 0 unspecified atom stereocenters. The normalized spacial score (nSPS) is 15.4. The number of phenolic OH excluding ortho intramolecular Hbond substituents is 1. The van der Waals surface area contributed by atoms with E-state index in [0.29, 0.717) is 11.3 Å². The van der Waals surface area contributed by atoms with Gasteiger partial charge in [0.1, 0.15) is 0 Å². The molecular weight excluding hydrogens is 585 g/mol. The van der Waals surface area contributed by atoms with Crippen LogP contribution in [0.25, 0.3) is 6.08 Å². The van der Waals surface area contributed by atoms with Crippen molar-refractivity contribution in [1.82, 2.24) is 4.57 Å². The third-order valence-electron chi connectivity index (χ3n) is 5.56. The molecule has 0 aliphatic carbocycles. The quantitative estimate of drug-likeness (QED) is 0.255. The summed E-state index contributed by atoms with van der Waals surface area (Å²) in [5.41, 5.74) is -5.77. The van der Waals surface area contributed by atoms with Gasteiger partial charge in [-0.15, -0.1) is 0 Å². The molecule has 40 heavy (non-hydrogen) atoms. The van der Waals surface area contributed by atoms with Crippen molar-refractivity contribution in [1.29, 1.82) is 0 Å². The van der Waals surface area contributed by atoms with Gasteiger partial charge in [0.15, 0.2) is 10.5 Å². The number of allylic oxidation sites excluding steroid dienone is 1. The number of halogens is 4. The fourth-order valence-electron chi connectivity index (χ4n) is 3.94. The molecule has 0 saturated carbocycles. The van der Waals surface area contributed by atoms with Crippen molar-refractivity contribution < 1.29 is 37.7 Å². The maximum atomic E-state index is 14.1. The van der Waals surface area contributed by atoms with Crippen molar-refractivity contribution >= 4 is 46.4 Å². The van der Waals surface area contributed by atoms with E-state index in [0.717, 1.165) is 22.8 Å². The van der Waals surface area contributed by atoms with E-state index in [1.54, 1.807) is 0 Å². The van der Waals surface area contributed by atoms with Crippen molar-refractivity contribution in [3.05, 3.63) is 104 Å². The number of carbonyl (C=O) groups excluding carboxylic acids is 1. The number of thiazole rings is 1. The monoisotopic (exact) mass is 598 g/mol. The standard InChI is InChI=1S/C23H14ClF3N4O8S/c1-2-39-21(34)16-17(11-3-5-12(24)6-4-11)29-20(33)15(40-22(29)28-19(16)23(25,26)27)9-10-7-13(30(35)36)18(32)14(8-10)31(37)38/h3-9,17,32H,2H2,1H3/b15-9-/t17-/m0/s1. The summed E-state index contributed by atoms with van der Waals surface area (Å²) in [7, 11) is 0. The van der Waals surface area contributed by atoms with Crippen molar-refractivity contribution in [3.8, 4) is 5.75 Å². The average Bonchev–Trinajstić information content (AvgIpc) is 3.18. The molecule has 1 N–H and O–H groups in total. The molecule has 208 valence electrons. The highest BCUT2D eigenvalue weighted by Gasteiger charge is 2.45. The lowest BCUT2D eigenvalue weighted by Gasteiger charge is -2.26. The number of rotatable bonds is 6. The van der Waals surface area contributed by atoms with Gasteiger partial charge in [-0.25, -0.2) is 9.79 Å². The highest BCUT2D eigenvalue weighted by molar-refractivity contribution is 7.07. The Bertz CT molecular complexity index is 1750. The molecular formula is C23H14ClF3N4O8S. The largest absolute Gasteiger partial charge is 0.497 e. The molecule has 12 nitrogen and oxygen atoms in total. The van der Waals surface area contributed by atoms with E-state index in [1.807, 2.05) is 0 Å². The maximum Gasteiger partial charge on any atom is 0.434 e. The minimum atomic E-state index is -5.14. The van der Waals surface area contributed by atoms with Gasteiger partial charge in [-0.3, -0.25) is 29.6 Å². The summed E-state index contributed by atoms with van der Waals surface area (Å²) in [4.78, 5) is 49.9. The van der Waals surface area contributed by atoms with E-state index < -0.39 is 66.8 Å². The SMILES string of the molecule is CCOC(=O)C1=C(C(F)(F)F)N=c2s/c(=C\c3cc([N+](=O)[O-])c(O)c([N+](=O)[O-])c3)c(=O)n2[C@H]1c1ccc(Cl)cc1. The molecule has 3 aromatic rings. The zero-order valence-corrected chi connectivity index (χ0v) is 21.4. The van der Waals surface area contributed by atoms with Crippen LogP contribution in [0.4, 0.5) is 24.5 Å². The zero-order chi connectivity index (χ0) is 29.5. The first-order valence-corrected chi connectivity index (χ1v) is 12.2. The molecule has 1 atom stereocenters. The number of fused-ring (bicyclic) bond motifs is 1. The van der Waals surface area contributed by atoms with Gasteiger partial charge < -0.3 is 9.84 Å². The van der Waals surface area contributed by atoms with Crippen LogP contribution in [-0.2, 0) is 9.53 Å². The number of phenols is 1. The number of esters is 1. The van der Waals surface area contributed by atoms with Crippen LogP contribution in [-0.4, -0.2) is 38.3 Å². The second-order valence-electron chi connectivity index (χ2n) is 8.04. The van der Waals surface area contributed by atoms with E-state index >= 15 is 0 Å². The number of nitro benzene ring substituents is 2. The van der Waals surface area contributed by atoms with E-state index in [4.69, 9.17) is 16.3 Å². The van der Waals surface area contributed by atoms with Crippen molar-refractivity contribution in [2.45, 2.75) is 19.1 Å². The average molecular weight is 599 g/mol. The molecule has 1 aromatic heterocycles. The number of carbonyl (C=O) groups is 1. The van der Waals surface area contributed by atoms with Gasteiger partial charge in [-0.1, -0.05) is 35.1 Å². The summed E-state index contributed by atoms with van der Waals surface area (Å²) >= 11 is 6.37. The Labute approximate surface area is 228 Å². The summed E-state index contributed by atoms with van der Waals surface area (Å²) < 4.78 is 47.8. The molecule has 0 bridgehead atoms. The van der Waals surface area contributed by atoms with E-state index in [1.165, 1.54) is 31.2 Å². The Morgan fingerprint density at radius 2 is 1.77 bits per heavy atom. The number of aromatic nitrogens is 1. The van der Waals surface area contributed by atoms with Gasteiger partial charge >= 0.3 is 23.5 Å². The van der Waals surface area contributed by atoms with Gasteiger partial charge in [-0.2, -0.15) is 13.2 Å². The number of alkyl halides is 3. The Balaban J connectivity index is 2.06. The maximum absolute atomic E-state index is 14.1. The first-order chi connectivity index (χ1) is 18.7. The smallest absolute Gasteiger partial charge is 0.434 e. The Kier molecular flexibility index (Phi) is 7.49. The molecule has 1 aliphatic heterocycles. The highest BCUT2D eigenvalue weighted by atomic mass is 35.5. The lowest BCUT2D eigenvalue weighted by Crippen LogP contribution is -2.41. The van der Waals surface area contributed by atoms with E-state index in [-0.39, 0.29) is 27.3 Å². The Morgan fingerprint density at radius 1 is 1.20 bits per heavy atom. The number of ether oxygens (including phenoxy) is 1. The molecule has 0 fully saturated rings. The molecule has 0 saturated heterocycles. The third-order valence-corrected chi connectivity index (χ3v) is 6.80. The number of hydrogen-bond donors (Lipinski definition) is 1. The van der Waals surface area contributed by atoms with Gasteiger partial charge in [0.2, 0.25) is 0 Å².